The molecule has 10 nitrogen and oxygen atoms in total. The van der Waals surface area contributed by atoms with E-state index >= 15 is 0 Å². The summed E-state index contributed by atoms with van der Waals surface area (Å²) in [6.07, 6.45) is 9.17. The SMILES string of the molecule is CN[C@@](C)(CO[C@H]1[C@H](n2ncnc2C(=O)NC(C)C)C[C@@]23COCC1(C)[C@@H]2CC[C@H]1C3=CC[C@@]2(C)[C@H](C(=O)O)[C@@](C)([C@H](C)C(C)C)CC[C@]12C)C(C)C. The van der Waals surface area contributed by atoms with Gasteiger partial charge in [0.1, 0.15) is 6.33 Å². The molecule has 1 aromatic heterocycles. The summed E-state index contributed by atoms with van der Waals surface area (Å²) >= 11 is 0. The summed E-state index contributed by atoms with van der Waals surface area (Å²) in [5.41, 5.74) is -0.320. The number of aliphatic carboxylic acids is 1. The highest BCUT2D eigenvalue weighted by Crippen LogP contribution is 2.75. The minimum Gasteiger partial charge on any atom is -0.481 e. The number of nitrogens with zero attached hydrogens (tertiary/aromatic N) is 3. The second kappa shape index (κ2) is 13.7. The lowest BCUT2D eigenvalue weighted by Gasteiger charge is -2.71. The Hall–Kier alpha value is -2.30. The van der Waals surface area contributed by atoms with E-state index in [0.29, 0.717) is 49.3 Å². The van der Waals surface area contributed by atoms with Gasteiger partial charge in [-0.25, -0.2) is 9.67 Å². The maximum absolute atomic E-state index is 13.7. The molecule has 1 amide bonds. The summed E-state index contributed by atoms with van der Waals surface area (Å²) in [7, 11) is 2.00. The number of carboxylic acid groups (broad SMARTS) is 1. The largest absolute Gasteiger partial charge is 0.481 e. The maximum atomic E-state index is 13.7. The van der Waals surface area contributed by atoms with Crippen LogP contribution in [0, 0.1) is 62.6 Å². The van der Waals surface area contributed by atoms with Crippen molar-refractivity contribution in [2.75, 3.05) is 26.9 Å². The van der Waals surface area contributed by atoms with Gasteiger partial charge in [-0.15, -0.1) is 0 Å². The first kappa shape index (κ1) is 40.4. The monoisotopic (exact) mass is 738 g/mol. The molecule has 0 spiro atoms. The van der Waals surface area contributed by atoms with Crippen molar-refractivity contribution in [2.45, 2.75) is 145 Å². The van der Waals surface area contributed by atoms with Gasteiger partial charge in [0.15, 0.2) is 0 Å². The van der Waals surface area contributed by atoms with Crippen LogP contribution in [-0.2, 0) is 14.3 Å². The van der Waals surface area contributed by atoms with Crippen LogP contribution >= 0.6 is 0 Å². The Morgan fingerprint density at radius 3 is 2.36 bits per heavy atom. The number of rotatable bonds is 11. The highest BCUT2D eigenvalue weighted by atomic mass is 16.5. The predicted octanol–water partition coefficient (Wildman–Crippen LogP) is 7.57. The van der Waals surface area contributed by atoms with Gasteiger partial charge in [-0.3, -0.25) is 9.59 Å². The first-order valence-corrected chi connectivity index (χ1v) is 20.7. The molecule has 4 aliphatic carbocycles. The van der Waals surface area contributed by atoms with Gasteiger partial charge in [0.2, 0.25) is 5.82 Å². The summed E-state index contributed by atoms with van der Waals surface area (Å²) in [4.78, 5) is 31.8. The van der Waals surface area contributed by atoms with Crippen LogP contribution in [0.1, 0.15) is 138 Å². The van der Waals surface area contributed by atoms with Gasteiger partial charge >= 0.3 is 5.97 Å². The number of aromatic nitrogens is 3. The topological polar surface area (TPSA) is 128 Å². The molecule has 4 fully saturated rings. The molecule has 1 aliphatic heterocycles. The van der Waals surface area contributed by atoms with Crippen LogP contribution in [0.4, 0.5) is 0 Å². The smallest absolute Gasteiger partial charge is 0.307 e. The number of carbonyl (C=O) groups excluding carboxylic acids is 1. The molecule has 3 saturated carbocycles. The van der Waals surface area contributed by atoms with Crippen LogP contribution < -0.4 is 10.6 Å². The lowest BCUT2D eigenvalue weighted by molar-refractivity contribution is -0.253. The highest BCUT2D eigenvalue weighted by Gasteiger charge is 2.72. The summed E-state index contributed by atoms with van der Waals surface area (Å²) < 4.78 is 15.8. The number of carbonyl (C=O) groups is 2. The van der Waals surface area contributed by atoms with Crippen LogP contribution in [0.15, 0.2) is 18.0 Å². The van der Waals surface area contributed by atoms with E-state index in [1.807, 2.05) is 25.6 Å². The fourth-order valence-electron chi connectivity index (χ4n) is 12.9. The molecular weight excluding hydrogens is 667 g/mol. The first-order valence-electron chi connectivity index (χ1n) is 20.7. The molecule has 5 aliphatic rings. The molecule has 53 heavy (non-hydrogen) atoms. The molecule has 1 saturated heterocycles. The quantitative estimate of drug-likeness (QED) is 0.199. The molecule has 0 radical (unpaired) electrons. The van der Waals surface area contributed by atoms with Crippen LogP contribution in [0.25, 0.3) is 0 Å². The molecule has 6 rings (SSSR count). The molecule has 12 atom stereocenters. The standard InChI is InChI=1S/C43H71N5O5/c1-25(2)28(7)38(8)18-19-40(10)29-14-15-32-39(9)21-52-23-43(32,30(29)16-17-41(40,11)33(38)37(50)51)20-31(34(39)53-22-42(12,44-13)26(3)4)48-35(45-24-46-48)36(49)47-27(5)6/h16,24-29,31-34,44H,14-15,17-23H2,1-13H3,(H,47,49)(H,50,51)/t28-,29+,31-,32+,33-,34+,38-,39?,40-,41+,42+,43+/m1/s1. The zero-order valence-corrected chi connectivity index (χ0v) is 35.1. The van der Waals surface area contributed by atoms with Crippen LogP contribution in [0.5, 0.6) is 0 Å². The molecule has 2 bridgehead atoms. The van der Waals surface area contributed by atoms with E-state index in [-0.39, 0.29) is 57.2 Å². The van der Waals surface area contributed by atoms with Crippen molar-refractivity contribution in [3.63, 3.8) is 0 Å². The van der Waals surface area contributed by atoms with E-state index in [4.69, 9.17) is 14.6 Å². The van der Waals surface area contributed by atoms with E-state index in [1.54, 1.807) is 0 Å². The zero-order chi connectivity index (χ0) is 39.1. The number of nitrogens with one attached hydrogen (secondary N) is 2. The summed E-state index contributed by atoms with van der Waals surface area (Å²) in [5.74, 6) is 0.578. The lowest BCUT2D eigenvalue weighted by atomic mass is 9.34. The molecule has 3 N–H and O–H groups in total. The predicted molar refractivity (Wildman–Crippen MR) is 207 cm³/mol. The van der Waals surface area contributed by atoms with E-state index in [1.165, 1.54) is 11.9 Å². The summed E-state index contributed by atoms with van der Waals surface area (Å²) in [5, 5.41) is 22.5. The van der Waals surface area contributed by atoms with Crippen LogP contribution in [0.3, 0.4) is 0 Å². The average Bonchev–Trinajstić information content (AvgIpc) is 3.57. The van der Waals surface area contributed by atoms with Crippen molar-refractivity contribution in [3.8, 4) is 0 Å². The van der Waals surface area contributed by atoms with E-state index in [2.05, 4.69) is 90.9 Å². The number of likely N-dealkylation sites (N-methyl/N-ethyl adjacent to an activating group) is 1. The molecule has 10 heteroatoms. The minimum atomic E-state index is -0.642. The van der Waals surface area contributed by atoms with Crippen molar-refractivity contribution >= 4 is 11.9 Å². The molecular formula is C43H71N5O5. The van der Waals surface area contributed by atoms with Gasteiger partial charge in [0.05, 0.1) is 37.9 Å². The summed E-state index contributed by atoms with van der Waals surface area (Å²) in [6.45, 7) is 28.4. The fourth-order valence-corrected chi connectivity index (χ4v) is 12.9. The molecule has 1 aromatic rings. The van der Waals surface area contributed by atoms with Crippen molar-refractivity contribution in [1.82, 2.24) is 25.4 Å². The Balaban J connectivity index is 1.48. The van der Waals surface area contributed by atoms with Crippen molar-refractivity contribution in [3.05, 3.63) is 23.8 Å². The number of allylic oxidation sites excluding steroid dienone is 1. The average molecular weight is 738 g/mol. The third-order valence-corrected chi connectivity index (χ3v) is 17.0. The van der Waals surface area contributed by atoms with Crippen LogP contribution in [-0.4, -0.2) is 76.3 Å². The Morgan fingerprint density at radius 1 is 1.06 bits per heavy atom. The summed E-state index contributed by atoms with van der Waals surface area (Å²) in [6, 6.07) is -0.295. The first-order chi connectivity index (χ1) is 24.7. The van der Waals surface area contributed by atoms with E-state index in [0.717, 1.165) is 38.5 Å². The number of ether oxygens (including phenoxy) is 2. The number of hydrogen-bond acceptors (Lipinski definition) is 7. The van der Waals surface area contributed by atoms with Gasteiger partial charge in [-0.2, -0.15) is 5.10 Å². The van der Waals surface area contributed by atoms with Crippen LogP contribution in [0.2, 0.25) is 0 Å². The van der Waals surface area contributed by atoms with Crippen molar-refractivity contribution in [2.24, 2.45) is 62.6 Å². The second-order valence-electron chi connectivity index (χ2n) is 20.3. The number of amides is 1. The minimum absolute atomic E-state index is 0.0428. The zero-order valence-electron chi connectivity index (χ0n) is 35.1. The Labute approximate surface area is 319 Å². The van der Waals surface area contributed by atoms with Gasteiger partial charge in [0, 0.05) is 22.4 Å². The lowest BCUT2D eigenvalue weighted by Crippen LogP contribution is -2.69. The number of hydrogen-bond donors (Lipinski definition) is 3. The van der Waals surface area contributed by atoms with Gasteiger partial charge < -0.3 is 25.2 Å². The maximum Gasteiger partial charge on any atom is 0.307 e. The van der Waals surface area contributed by atoms with E-state index < -0.39 is 17.3 Å². The Morgan fingerprint density at radius 2 is 1.75 bits per heavy atom. The van der Waals surface area contributed by atoms with E-state index in [9.17, 15) is 14.7 Å². The third-order valence-electron chi connectivity index (χ3n) is 17.0. The highest BCUT2D eigenvalue weighted by molar-refractivity contribution is 5.90. The molecule has 1 unspecified atom stereocenters. The Bertz CT molecular complexity index is 1590. The van der Waals surface area contributed by atoms with Gasteiger partial charge in [0.25, 0.3) is 5.91 Å². The molecule has 2 heterocycles. The Kier molecular flexibility index (Phi) is 10.4. The molecule has 298 valence electrons. The van der Waals surface area contributed by atoms with Crippen molar-refractivity contribution in [1.29, 1.82) is 0 Å². The van der Waals surface area contributed by atoms with Crippen molar-refractivity contribution < 1.29 is 24.2 Å². The van der Waals surface area contributed by atoms with Gasteiger partial charge in [-0.05, 0) is 112 Å². The normalized spacial score (nSPS) is 41.2. The fraction of sp³-hybridized carbons (Fsp3) is 0.860. The number of fused-ring (bicyclic) bond motifs is 3. The second-order valence-corrected chi connectivity index (χ2v) is 20.3. The third kappa shape index (κ3) is 5.88. The van der Waals surface area contributed by atoms with Gasteiger partial charge in [-0.1, -0.05) is 74.0 Å². The molecule has 0 aromatic carbocycles. The number of carboxylic acids is 1.